The largest absolute Gasteiger partial charge is 0.507 e. The molecule has 2 aliphatic carbocycles. The number of nitrogens with one attached hydrogen (secondary N) is 1. The summed E-state index contributed by atoms with van der Waals surface area (Å²) >= 11 is 0. The van der Waals surface area contributed by atoms with Crippen LogP contribution in [-0.4, -0.2) is 50.7 Å². The Hall–Kier alpha value is -4.44. The number of ether oxygens (including phenoxy) is 1. The number of hydrogen-bond acceptors (Lipinski definition) is 8. The highest BCUT2D eigenvalue weighted by Crippen LogP contribution is 2.67. The van der Waals surface area contributed by atoms with Gasteiger partial charge >= 0.3 is 0 Å². The number of hydrogen-bond donors (Lipinski definition) is 5. The highest BCUT2D eigenvalue weighted by molar-refractivity contribution is 6.32. The molecule has 2 bridgehead atoms. The Morgan fingerprint density at radius 3 is 2.44 bits per heavy atom. The van der Waals surface area contributed by atoms with Crippen LogP contribution in [-0.2, 0) is 16.9 Å². The van der Waals surface area contributed by atoms with Crippen molar-refractivity contribution < 1.29 is 29.6 Å². The molecule has 0 radical (unpaired) electrons. The van der Waals surface area contributed by atoms with Gasteiger partial charge in [0.05, 0.1) is 22.9 Å². The predicted molar refractivity (Wildman–Crippen MR) is 142 cm³/mol. The van der Waals surface area contributed by atoms with Crippen LogP contribution in [0.15, 0.2) is 48.6 Å². The van der Waals surface area contributed by atoms with Gasteiger partial charge < -0.3 is 31.1 Å². The Kier molecular flexibility index (Phi) is 4.73. The maximum atomic E-state index is 14.1. The standard InChI is InChI=1S/C31H22N2O6/c1-15(34)30-23-6-4-2-3-5-7-24(36)31(30,39-30)21-13-22(35)25-26(27(21)33-23)29(38)19-11-17-9-8-16(14-32)10-18(17)12-20(19)28(25)37/h2-3,8-13,15,23-24,33-36H,14,32H2,1H3. The molecule has 0 amide bonds. The summed E-state index contributed by atoms with van der Waals surface area (Å²) in [5, 5.41) is 38.1. The van der Waals surface area contributed by atoms with E-state index in [1.54, 1.807) is 12.1 Å². The number of phenolic OH excluding ortho intramolecular Hbond substituents is 1. The molecule has 2 aliphatic heterocycles. The molecule has 4 aliphatic rings. The zero-order valence-corrected chi connectivity index (χ0v) is 20.7. The summed E-state index contributed by atoms with van der Waals surface area (Å²) in [6.07, 6.45) is 0.463. The van der Waals surface area contributed by atoms with Crippen LogP contribution in [0.3, 0.4) is 0 Å². The minimum atomic E-state index is -1.60. The molecule has 8 heteroatoms. The molecule has 0 spiro atoms. The first-order chi connectivity index (χ1) is 18.7. The molecule has 39 heavy (non-hydrogen) atoms. The van der Waals surface area contributed by atoms with Gasteiger partial charge in [-0.25, -0.2) is 0 Å². The SMILES string of the molecule is CC(O)C12OC13c1cc(O)c4c(c1NC2C#CC=CC#CC3O)C(=O)c1cc2ccc(CN)cc2cc1C4=O. The van der Waals surface area contributed by atoms with E-state index < -0.39 is 46.8 Å². The Morgan fingerprint density at radius 1 is 1.03 bits per heavy atom. The average Bonchev–Trinajstić information content (AvgIpc) is 3.66. The van der Waals surface area contributed by atoms with Gasteiger partial charge in [0.15, 0.2) is 28.9 Å². The second kappa shape index (κ2) is 7.79. The molecule has 1 fully saturated rings. The first kappa shape index (κ1) is 23.7. The van der Waals surface area contributed by atoms with Crippen molar-refractivity contribution in [1.82, 2.24) is 0 Å². The average molecular weight is 519 g/mol. The fourth-order valence-electron chi connectivity index (χ4n) is 6.36. The van der Waals surface area contributed by atoms with Crippen molar-refractivity contribution in [3.8, 4) is 29.4 Å². The van der Waals surface area contributed by atoms with E-state index >= 15 is 0 Å². The van der Waals surface area contributed by atoms with Crippen molar-refractivity contribution in [2.45, 2.75) is 42.9 Å². The van der Waals surface area contributed by atoms with Gasteiger partial charge in [0, 0.05) is 23.2 Å². The zero-order valence-electron chi connectivity index (χ0n) is 20.7. The molecule has 1 saturated heterocycles. The summed E-state index contributed by atoms with van der Waals surface area (Å²) in [5.74, 6) is 9.91. The van der Waals surface area contributed by atoms with Gasteiger partial charge in [-0.3, -0.25) is 9.59 Å². The minimum absolute atomic E-state index is 0.0333. The molecular weight excluding hydrogens is 496 g/mol. The number of rotatable bonds is 2. The van der Waals surface area contributed by atoms with Crippen LogP contribution in [0.2, 0.25) is 0 Å². The molecule has 0 saturated carbocycles. The maximum absolute atomic E-state index is 14.1. The van der Waals surface area contributed by atoms with Crippen molar-refractivity contribution in [2.24, 2.45) is 5.73 Å². The number of anilines is 1. The lowest BCUT2D eigenvalue weighted by molar-refractivity contribution is 0.0867. The van der Waals surface area contributed by atoms with Crippen molar-refractivity contribution >= 4 is 28.0 Å². The third kappa shape index (κ3) is 2.84. The Balaban J connectivity index is 1.50. The van der Waals surface area contributed by atoms with Crippen LogP contribution >= 0.6 is 0 Å². The summed E-state index contributed by atoms with van der Waals surface area (Å²) in [5.41, 5.74) is 4.28. The normalized spacial score (nSPS) is 27.9. The van der Waals surface area contributed by atoms with Crippen LogP contribution in [0.5, 0.6) is 5.75 Å². The van der Waals surface area contributed by atoms with Crippen LogP contribution in [0.25, 0.3) is 10.8 Å². The third-order valence-corrected chi connectivity index (χ3v) is 8.22. The highest BCUT2D eigenvalue weighted by atomic mass is 16.7. The predicted octanol–water partition coefficient (Wildman–Crippen LogP) is 1.86. The number of ketones is 2. The number of phenols is 1. The first-order valence-electron chi connectivity index (χ1n) is 12.5. The molecule has 192 valence electrons. The number of epoxide rings is 1. The second-order valence-corrected chi connectivity index (χ2v) is 10.2. The van der Waals surface area contributed by atoms with Gasteiger partial charge in [-0.2, -0.15) is 0 Å². The molecule has 3 aromatic carbocycles. The molecule has 5 unspecified atom stereocenters. The second-order valence-electron chi connectivity index (χ2n) is 10.2. The number of aliphatic hydroxyl groups is 2. The number of allylic oxidation sites excluding steroid dienone is 2. The Morgan fingerprint density at radius 2 is 1.72 bits per heavy atom. The van der Waals surface area contributed by atoms with E-state index in [1.807, 2.05) is 18.2 Å². The van der Waals surface area contributed by atoms with E-state index in [-0.39, 0.29) is 33.5 Å². The molecule has 2 heterocycles. The summed E-state index contributed by atoms with van der Waals surface area (Å²) < 4.78 is 6.19. The zero-order chi connectivity index (χ0) is 27.3. The van der Waals surface area contributed by atoms with E-state index in [9.17, 15) is 24.9 Å². The minimum Gasteiger partial charge on any atom is -0.507 e. The number of benzene rings is 3. The summed E-state index contributed by atoms with van der Waals surface area (Å²) in [6.45, 7) is 1.85. The molecular formula is C31H22N2O6. The number of nitrogens with two attached hydrogens (primary N) is 1. The lowest BCUT2D eigenvalue weighted by atomic mass is 9.69. The van der Waals surface area contributed by atoms with Gasteiger partial charge in [-0.15, -0.1) is 0 Å². The van der Waals surface area contributed by atoms with Crippen LogP contribution in [0, 0.1) is 23.7 Å². The lowest BCUT2D eigenvalue weighted by Crippen LogP contribution is -2.54. The van der Waals surface area contributed by atoms with Crippen LogP contribution in [0.4, 0.5) is 5.69 Å². The number of aromatic hydroxyl groups is 1. The fraction of sp³-hybridized carbons (Fsp3) is 0.226. The van der Waals surface area contributed by atoms with Gasteiger partial charge in [-0.05, 0) is 59.7 Å². The molecule has 7 rings (SSSR count). The summed E-state index contributed by atoms with van der Waals surface area (Å²) in [6, 6.07) is 9.33. The monoisotopic (exact) mass is 518 g/mol. The van der Waals surface area contributed by atoms with Gasteiger partial charge in [0.25, 0.3) is 0 Å². The third-order valence-electron chi connectivity index (χ3n) is 8.22. The van der Waals surface area contributed by atoms with E-state index in [0.29, 0.717) is 6.54 Å². The maximum Gasteiger partial charge on any atom is 0.198 e. The van der Waals surface area contributed by atoms with Gasteiger partial charge in [0.2, 0.25) is 0 Å². The molecule has 0 aromatic heterocycles. The van der Waals surface area contributed by atoms with E-state index in [2.05, 4.69) is 29.0 Å². The van der Waals surface area contributed by atoms with E-state index in [0.717, 1.165) is 16.3 Å². The molecule has 6 N–H and O–H groups in total. The van der Waals surface area contributed by atoms with Crippen LogP contribution in [0.1, 0.15) is 49.9 Å². The Bertz CT molecular complexity index is 1830. The van der Waals surface area contributed by atoms with Crippen molar-refractivity contribution in [2.75, 3.05) is 5.32 Å². The van der Waals surface area contributed by atoms with Crippen molar-refractivity contribution in [3.05, 3.63) is 81.9 Å². The molecule has 3 aromatic rings. The van der Waals surface area contributed by atoms with Gasteiger partial charge in [-0.1, -0.05) is 35.8 Å². The number of fused-ring (bicyclic) bond motifs is 5. The number of aliphatic hydroxyl groups excluding tert-OH is 2. The molecule has 5 atom stereocenters. The summed E-state index contributed by atoms with van der Waals surface area (Å²) in [7, 11) is 0. The summed E-state index contributed by atoms with van der Waals surface area (Å²) in [4.78, 5) is 27.9. The van der Waals surface area contributed by atoms with Crippen molar-refractivity contribution in [1.29, 1.82) is 0 Å². The fourth-order valence-corrected chi connectivity index (χ4v) is 6.36. The first-order valence-corrected chi connectivity index (χ1v) is 12.5. The smallest absolute Gasteiger partial charge is 0.198 e. The van der Waals surface area contributed by atoms with Crippen LogP contribution < -0.4 is 11.1 Å². The molecule has 8 nitrogen and oxygen atoms in total. The Labute approximate surface area is 223 Å². The quantitative estimate of drug-likeness (QED) is 0.154. The highest BCUT2D eigenvalue weighted by Gasteiger charge is 2.82. The lowest BCUT2D eigenvalue weighted by Gasteiger charge is -2.37. The van der Waals surface area contributed by atoms with E-state index in [1.165, 1.54) is 25.1 Å². The number of carbonyl (C=O) groups excluding carboxylic acids is 2. The topological polar surface area (TPSA) is 145 Å². The van der Waals surface area contributed by atoms with E-state index in [4.69, 9.17) is 10.5 Å². The van der Waals surface area contributed by atoms with Crippen molar-refractivity contribution in [3.63, 3.8) is 0 Å². The number of carbonyl (C=O) groups is 2. The van der Waals surface area contributed by atoms with Gasteiger partial charge in [0.1, 0.15) is 11.8 Å².